The Kier molecular flexibility index (Phi) is 2.47. The minimum atomic E-state index is -0.509. The largest absolute Gasteiger partial charge is 0.383 e. The van der Waals surface area contributed by atoms with Crippen molar-refractivity contribution < 1.29 is 4.79 Å². The molecule has 16 heavy (non-hydrogen) atoms. The highest BCUT2D eigenvalue weighted by Gasteiger charge is 2.08. The third-order valence-electron chi connectivity index (χ3n) is 1.99. The first-order chi connectivity index (χ1) is 7.66. The van der Waals surface area contributed by atoms with Crippen molar-refractivity contribution in [3.05, 3.63) is 46.8 Å². The first kappa shape index (κ1) is 10.0. The molecule has 0 atom stereocenters. The minimum Gasteiger partial charge on any atom is -0.383 e. The molecular weight excluding hydrogens is 208 g/mol. The molecule has 0 aliphatic heterocycles. The number of amides is 1. The summed E-state index contributed by atoms with van der Waals surface area (Å²) >= 11 is 0. The summed E-state index contributed by atoms with van der Waals surface area (Å²) < 4.78 is 0.954. The van der Waals surface area contributed by atoms with Crippen LogP contribution in [0.5, 0.6) is 0 Å². The number of H-pyrrole nitrogens is 1. The van der Waals surface area contributed by atoms with Gasteiger partial charge in [0.25, 0.3) is 5.56 Å². The van der Waals surface area contributed by atoms with Crippen LogP contribution in [0.25, 0.3) is 0 Å². The lowest BCUT2D eigenvalue weighted by molar-refractivity contribution is 0.251. The van der Waals surface area contributed by atoms with E-state index in [0.717, 1.165) is 10.7 Å². The van der Waals surface area contributed by atoms with Gasteiger partial charge in [0.1, 0.15) is 5.82 Å². The lowest BCUT2D eigenvalue weighted by atomic mass is 10.3. The Bertz CT molecular complexity index is 556. The maximum Gasteiger partial charge on any atom is 0.346 e. The van der Waals surface area contributed by atoms with Gasteiger partial charge >= 0.3 is 6.03 Å². The zero-order chi connectivity index (χ0) is 11.5. The van der Waals surface area contributed by atoms with Crippen molar-refractivity contribution in [3.8, 4) is 0 Å². The van der Waals surface area contributed by atoms with E-state index in [-0.39, 0.29) is 5.82 Å². The van der Waals surface area contributed by atoms with Gasteiger partial charge in [0.05, 0.1) is 0 Å². The normalized spacial score (nSPS) is 10.0. The fourth-order valence-corrected chi connectivity index (χ4v) is 1.27. The van der Waals surface area contributed by atoms with Crippen LogP contribution in [0, 0.1) is 0 Å². The summed E-state index contributed by atoms with van der Waals surface area (Å²) in [6.07, 6.45) is 0. The number of nitrogens with one attached hydrogen (secondary N) is 2. The van der Waals surface area contributed by atoms with E-state index in [9.17, 15) is 9.59 Å². The molecule has 0 saturated carbocycles. The SMILES string of the molecule is Nc1cc(=O)[nH]n1C(=O)Nc1ccccc1. The first-order valence-electron chi connectivity index (χ1n) is 4.61. The quantitative estimate of drug-likeness (QED) is 0.662. The summed E-state index contributed by atoms with van der Waals surface area (Å²) in [4.78, 5) is 22.6. The predicted molar refractivity (Wildman–Crippen MR) is 60.3 cm³/mol. The molecule has 0 spiro atoms. The Hall–Kier alpha value is -2.50. The van der Waals surface area contributed by atoms with Gasteiger partial charge in [-0.1, -0.05) is 18.2 Å². The summed E-state index contributed by atoms with van der Waals surface area (Å²) in [5.74, 6) is 0.0680. The van der Waals surface area contributed by atoms with Crippen molar-refractivity contribution in [2.75, 3.05) is 11.1 Å². The highest BCUT2D eigenvalue weighted by Crippen LogP contribution is 2.06. The maximum absolute atomic E-state index is 11.6. The summed E-state index contributed by atoms with van der Waals surface area (Å²) in [6.45, 7) is 0. The van der Waals surface area contributed by atoms with Crippen LogP contribution >= 0.6 is 0 Å². The van der Waals surface area contributed by atoms with E-state index in [2.05, 4.69) is 10.4 Å². The molecule has 0 saturated heterocycles. The Morgan fingerprint density at radius 1 is 1.31 bits per heavy atom. The van der Waals surface area contributed by atoms with Gasteiger partial charge in [-0.15, -0.1) is 0 Å². The highest BCUT2D eigenvalue weighted by molar-refractivity contribution is 5.92. The zero-order valence-electron chi connectivity index (χ0n) is 8.31. The molecule has 0 aliphatic rings. The van der Waals surface area contributed by atoms with Gasteiger partial charge in [0.2, 0.25) is 0 Å². The summed E-state index contributed by atoms with van der Waals surface area (Å²) in [5.41, 5.74) is 5.68. The van der Waals surface area contributed by atoms with Crippen molar-refractivity contribution in [1.82, 2.24) is 9.78 Å². The number of benzene rings is 1. The molecule has 1 heterocycles. The van der Waals surface area contributed by atoms with Gasteiger partial charge in [-0.3, -0.25) is 9.89 Å². The van der Waals surface area contributed by atoms with Crippen LogP contribution in [0.15, 0.2) is 41.2 Å². The molecule has 0 radical (unpaired) electrons. The van der Waals surface area contributed by atoms with E-state index in [4.69, 9.17) is 5.73 Å². The number of hydrogen-bond donors (Lipinski definition) is 3. The predicted octanol–water partition coefficient (Wildman–Crippen LogP) is 0.839. The Morgan fingerprint density at radius 3 is 2.56 bits per heavy atom. The molecule has 6 nitrogen and oxygen atoms in total. The van der Waals surface area contributed by atoms with E-state index >= 15 is 0 Å². The van der Waals surface area contributed by atoms with Gasteiger partial charge in [-0.05, 0) is 12.1 Å². The smallest absolute Gasteiger partial charge is 0.346 e. The van der Waals surface area contributed by atoms with Gasteiger partial charge in [0.15, 0.2) is 0 Å². The minimum absolute atomic E-state index is 0.0680. The monoisotopic (exact) mass is 218 g/mol. The number of para-hydroxylation sites is 1. The van der Waals surface area contributed by atoms with E-state index in [1.165, 1.54) is 0 Å². The molecule has 0 aliphatic carbocycles. The molecular formula is C10H10N4O2. The van der Waals surface area contributed by atoms with Crippen LogP contribution in [-0.2, 0) is 0 Å². The molecule has 0 bridgehead atoms. The zero-order valence-corrected chi connectivity index (χ0v) is 8.31. The maximum atomic E-state index is 11.6. The highest BCUT2D eigenvalue weighted by atomic mass is 16.2. The van der Waals surface area contributed by atoms with E-state index in [0.29, 0.717) is 5.69 Å². The summed E-state index contributed by atoms with van der Waals surface area (Å²) in [6, 6.07) is 9.51. The van der Waals surface area contributed by atoms with Crippen LogP contribution in [0.3, 0.4) is 0 Å². The summed E-state index contributed by atoms with van der Waals surface area (Å²) in [7, 11) is 0. The number of rotatable bonds is 1. The number of anilines is 2. The number of nitrogen functional groups attached to an aromatic ring is 1. The molecule has 2 rings (SSSR count). The van der Waals surface area contributed by atoms with Crippen molar-refractivity contribution in [2.45, 2.75) is 0 Å². The Labute approximate surface area is 90.7 Å². The summed E-state index contributed by atoms with van der Waals surface area (Å²) in [5, 5.41) is 4.87. The number of nitrogens with zero attached hydrogens (tertiary/aromatic N) is 1. The van der Waals surface area contributed by atoms with Gasteiger partial charge in [-0.25, -0.2) is 4.79 Å². The van der Waals surface area contributed by atoms with Crippen molar-refractivity contribution in [2.24, 2.45) is 0 Å². The molecule has 0 fully saturated rings. The van der Waals surface area contributed by atoms with Crippen LogP contribution in [0.4, 0.5) is 16.3 Å². The third kappa shape index (κ3) is 1.95. The number of carbonyl (C=O) groups is 1. The molecule has 2 aromatic rings. The second-order valence-electron chi connectivity index (χ2n) is 3.18. The van der Waals surface area contributed by atoms with E-state index in [1.54, 1.807) is 24.3 Å². The average Bonchev–Trinajstić information content (AvgIpc) is 2.59. The fraction of sp³-hybridized carbons (Fsp3) is 0. The second-order valence-corrected chi connectivity index (χ2v) is 3.18. The number of hydrogen-bond acceptors (Lipinski definition) is 3. The first-order valence-corrected chi connectivity index (χ1v) is 4.61. The van der Waals surface area contributed by atoms with Crippen molar-refractivity contribution >= 4 is 17.5 Å². The van der Waals surface area contributed by atoms with E-state index in [1.807, 2.05) is 6.07 Å². The second kappa shape index (κ2) is 3.93. The molecule has 1 amide bonds. The lowest BCUT2D eigenvalue weighted by Gasteiger charge is -2.05. The molecule has 0 unspecified atom stereocenters. The number of aromatic amines is 1. The van der Waals surface area contributed by atoms with Gasteiger partial charge in [-0.2, -0.15) is 4.68 Å². The van der Waals surface area contributed by atoms with Crippen LogP contribution in [0.1, 0.15) is 0 Å². The number of carbonyl (C=O) groups excluding carboxylic acids is 1. The average molecular weight is 218 g/mol. The molecule has 1 aromatic heterocycles. The Morgan fingerprint density at radius 2 is 2.00 bits per heavy atom. The number of aromatic nitrogens is 2. The standard InChI is InChI=1S/C10H10N4O2/c11-8-6-9(15)13-14(8)10(16)12-7-4-2-1-3-5-7/h1-6H,11H2,(H,12,16)(H,13,15). The fourth-order valence-electron chi connectivity index (χ4n) is 1.27. The molecule has 82 valence electrons. The Balaban J connectivity index is 2.21. The lowest BCUT2D eigenvalue weighted by Crippen LogP contribution is -2.23. The number of nitrogens with two attached hydrogens (primary N) is 1. The molecule has 6 heteroatoms. The van der Waals surface area contributed by atoms with Crippen molar-refractivity contribution in [3.63, 3.8) is 0 Å². The van der Waals surface area contributed by atoms with Gasteiger partial charge < -0.3 is 11.1 Å². The van der Waals surface area contributed by atoms with Gasteiger partial charge in [0, 0.05) is 11.8 Å². The third-order valence-corrected chi connectivity index (χ3v) is 1.99. The van der Waals surface area contributed by atoms with Crippen LogP contribution in [-0.4, -0.2) is 15.8 Å². The van der Waals surface area contributed by atoms with E-state index < -0.39 is 11.6 Å². The van der Waals surface area contributed by atoms with Crippen LogP contribution < -0.4 is 16.6 Å². The van der Waals surface area contributed by atoms with Crippen molar-refractivity contribution in [1.29, 1.82) is 0 Å². The topological polar surface area (TPSA) is 92.9 Å². The van der Waals surface area contributed by atoms with Crippen LogP contribution in [0.2, 0.25) is 0 Å². The molecule has 1 aromatic carbocycles. The molecule has 4 N–H and O–H groups in total.